The Morgan fingerprint density at radius 3 is 2.70 bits per heavy atom. The summed E-state index contributed by atoms with van der Waals surface area (Å²) in [5.41, 5.74) is 3.07. The monoisotopic (exact) mass is 379 g/mol. The van der Waals surface area contributed by atoms with Crippen LogP contribution in [0.1, 0.15) is 37.9 Å². The van der Waals surface area contributed by atoms with Gasteiger partial charge in [0.25, 0.3) is 0 Å². The molecule has 3 aromatic rings. The summed E-state index contributed by atoms with van der Waals surface area (Å²) < 4.78 is 2.07. The minimum absolute atomic E-state index is 0.202. The first-order valence-corrected chi connectivity index (χ1v) is 10.4. The fourth-order valence-corrected chi connectivity index (χ4v) is 4.16. The molecular formula is C22H25N3OS. The first-order chi connectivity index (χ1) is 13.1. The molecule has 0 unspecified atom stereocenters. The number of rotatable bonds is 7. The Kier molecular flexibility index (Phi) is 5.21. The van der Waals surface area contributed by atoms with Crippen molar-refractivity contribution >= 4 is 23.3 Å². The lowest BCUT2D eigenvalue weighted by molar-refractivity contribution is -0.131. The Hall–Kier alpha value is -2.27. The minimum Gasteiger partial charge on any atom is -0.334 e. The summed E-state index contributed by atoms with van der Waals surface area (Å²) in [5.74, 6) is 0.202. The van der Waals surface area contributed by atoms with Crippen LogP contribution in [0.25, 0.3) is 5.65 Å². The summed E-state index contributed by atoms with van der Waals surface area (Å²) >= 11 is 1.85. The van der Waals surface area contributed by atoms with Gasteiger partial charge in [0, 0.05) is 22.4 Å². The van der Waals surface area contributed by atoms with Crippen LogP contribution in [0.3, 0.4) is 0 Å². The summed E-state index contributed by atoms with van der Waals surface area (Å²) in [6, 6.07) is 14.8. The van der Waals surface area contributed by atoms with E-state index >= 15 is 0 Å². The van der Waals surface area contributed by atoms with Gasteiger partial charge in [-0.3, -0.25) is 4.79 Å². The van der Waals surface area contributed by atoms with E-state index in [1.54, 1.807) is 0 Å². The molecule has 0 spiro atoms. The third kappa shape index (κ3) is 4.35. The summed E-state index contributed by atoms with van der Waals surface area (Å²) in [6.45, 7) is 5.00. The van der Waals surface area contributed by atoms with Gasteiger partial charge >= 0.3 is 0 Å². The van der Waals surface area contributed by atoms with E-state index in [0.29, 0.717) is 24.3 Å². The highest BCUT2D eigenvalue weighted by Gasteiger charge is 2.33. The molecule has 0 aliphatic heterocycles. The number of aromatic nitrogens is 2. The highest BCUT2D eigenvalue weighted by molar-refractivity contribution is 7.99. The maximum atomic E-state index is 13.0. The quantitative estimate of drug-likeness (QED) is 0.565. The second-order valence-electron chi connectivity index (χ2n) is 7.42. The molecule has 1 amide bonds. The van der Waals surface area contributed by atoms with Crippen molar-refractivity contribution in [1.29, 1.82) is 0 Å². The fourth-order valence-electron chi connectivity index (χ4n) is 3.32. The molecular weight excluding hydrogens is 354 g/mol. The molecule has 0 atom stereocenters. The van der Waals surface area contributed by atoms with Crippen molar-refractivity contribution in [3.05, 3.63) is 66.1 Å². The van der Waals surface area contributed by atoms with E-state index in [9.17, 15) is 4.79 Å². The number of imidazole rings is 1. The molecule has 140 valence electrons. The van der Waals surface area contributed by atoms with E-state index in [1.165, 1.54) is 4.90 Å². The van der Waals surface area contributed by atoms with Crippen LogP contribution < -0.4 is 0 Å². The van der Waals surface area contributed by atoms with E-state index in [1.807, 2.05) is 47.3 Å². The lowest BCUT2D eigenvalue weighted by Gasteiger charge is -2.22. The topological polar surface area (TPSA) is 37.6 Å². The van der Waals surface area contributed by atoms with Gasteiger partial charge in [-0.1, -0.05) is 32.0 Å². The number of hydrogen-bond acceptors (Lipinski definition) is 3. The van der Waals surface area contributed by atoms with Gasteiger partial charge in [0.1, 0.15) is 5.65 Å². The molecule has 0 saturated heterocycles. The summed E-state index contributed by atoms with van der Waals surface area (Å²) in [4.78, 5) is 20.8. The van der Waals surface area contributed by atoms with Crippen LogP contribution in [0.5, 0.6) is 0 Å². The van der Waals surface area contributed by atoms with Gasteiger partial charge < -0.3 is 9.30 Å². The molecule has 4 rings (SSSR count). The molecule has 1 aliphatic rings. The van der Waals surface area contributed by atoms with Gasteiger partial charge in [-0.25, -0.2) is 4.98 Å². The van der Waals surface area contributed by atoms with Gasteiger partial charge in [0.15, 0.2) is 0 Å². The van der Waals surface area contributed by atoms with Crippen LogP contribution in [-0.2, 0) is 17.8 Å². The lowest BCUT2D eigenvalue weighted by Crippen LogP contribution is -2.34. The molecule has 4 nitrogen and oxygen atoms in total. The Labute approximate surface area is 164 Å². The van der Waals surface area contributed by atoms with Crippen LogP contribution in [0.15, 0.2) is 59.8 Å². The molecule has 1 saturated carbocycles. The number of hydrogen-bond donors (Lipinski definition) is 0. The molecule has 27 heavy (non-hydrogen) atoms. The van der Waals surface area contributed by atoms with Crippen molar-refractivity contribution in [2.45, 2.75) is 55.8 Å². The third-order valence-electron chi connectivity index (χ3n) is 4.78. The number of thioether (sulfide) groups is 1. The van der Waals surface area contributed by atoms with Crippen molar-refractivity contribution in [2.75, 3.05) is 0 Å². The molecule has 0 radical (unpaired) electrons. The molecule has 1 fully saturated rings. The number of fused-ring (bicyclic) bond motifs is 1. The number of amides is 1. The van der Waals surface area contributed by atoms with E-state index in [4.69, 9.17) is 0 Å². The number of carbonyl (C=O) groups excluding carboxylic acids is 1. The van der Waals surface area contributed by atoms with Crippen molar-refractivity contribution in [3.8, 4) is 0 Å². The maximum absolute atomic E-state index is 13.0. The van der Waals surface area contributed by atoms with Crippen molar-refractivity contribution < 1.29 is 4.79 Å². The summed E-state index contributed by atoms with van der Waals surface area (Å²) in [6.07, 6.45) is 6.56. The Morgan fingerprint density at radius 1 is 1.22 bits per heavy atom. The van der Waals surface area contributed by atoms with Gasteiger partial charge in [-0.2, -0.15) is 0 Å². The van der Waals surface area contributed by atoms with Crippen LogP contribution in [0.2, 0.25) is 0 Å². The van der Waals surface area contributed by atoms with Crippen LogP contribution in [0, 0.1) is 0 Å². The Morgan fingerprint density at radius 2 is 2.00 bits per heavy atom. The standard InChI is InChI=1S/C22H25N3OS/c1-16(2)27-20-10-6-17(7-11-20)13-22(26)25(18-8-9-18)15-19-14-23-21-5-3-4-12-24(19)21/h3-7,10-12,14,16,18H,8-9,13,15H2,1-2H3. The zero-order valence-electron chi connectivity index (χ0n) is 15.8. The molecule has 2 heterocycles. The summed E-state index contributed by atoms with van der Waals surface area (Å²) in [5, 5.41) is 0.563. The highest BCUT2D eigenvalue weighted by atomic mass is 32.2. The van der Waals surface area contributed by atoms with Crippen molar-refractivity contribution in [2.24, 2.45) is 0 Å². The highest BCUT2D eigenvalue weighted by Crippen LogP contribution is 2.29. The fraction of sp³-hybridized carbons (Fsp3) is 0.364. The van der Waals surface area contributed by atoms with E-state index in [0.717, 1.165) is 29.7 Å². The van der Waals surface area contributed by atoms with E-state index < -0.39 is 0 Å². The molecule has 2 aromatic heterocycles. The van der Waals surface area contributed by atoms with Gasteiger partial charge in [0.2, 0.25) is 5.91 Å². The minimum atomic E-state index is 0.202. The molecule has 1 aliphatic carbocycles. The van der Waals surface area contributed by atoms with E-state index in [-0.39, 0.29) is 5.91 Å². The zero-order chi connectivity index (χ0) is 18.8. The normalized spacial score (nSPS) is 14.0. The maximum Gasteiger partial charge on any atom is 0.227 e. The van der Waals surface area contributed by atoms with Gasteiger partial charge in [-0.15, -0.1) is 11.8 Å². The molecule has 1 aromatic carbocycles. The first-order valence-electron chi connectivity index (χ1n) is 9.56. The molecule has 0 bridgehead atoms. The summed E-state index contributed by atoms with van der Waals surface area (Å²) in [7, 11) is 0. The number of nitrogens with zero attached hydrogens (tertiary/aromatic N) is 3. The third-order valence-corrected chi connectivity index (χ3v) is 5.80. The molecule has 0 N–H and O–H groups in total. The number of pyridine rings is 1. The molecule has 5 heteroatoms. The first kappa shape index (κ1) is 18.1. The number of carbonyl (C=O) groups is 1. The second-order valence-corrected chi connectivity index (χ2v) is 9.07. The van der Waals surface area contributed by atoms with Crippen LogP contribution in [-0.4, -0.2) is 31.5 Å². The van der Waals surface area contributed by atoms with Crippen LogP contribution in [0.4, 0.5) is 0 Å². The van der Waals surface area contributed by atoms with Crippen molar-refractivity contribution in [1.82, 2.24) is 14.3 Å². The largest absolute Gasteiger partial charge is 0.334 e. The van der Waals surface area contributed by atoms with E-state index in [2.05, 4.69) is 47.5 Å². The predicted octanol–water partition coefficient (Wildman–Crippen LogP) is 4.57. The smallest absolute Gasteiger partial charge is 0.227 e. The van der Waals surface area contributed by atoms with Crippen LogP contribution >= 0.6 is 11.8 Å². The number of benzene rings is 1. The lowest BCUT2D eigenvalue weighted by atomic mass is 10.1. The average Bonchev–Trinajstić information content (AvgIpc) is 3.41. The van der Waals surface area contributed by atoms with Crippen molar-refractivity contribution in [3.63, 3.8) is 0 Å². The van der Waals surface area contributed by atoms with Gasteiger partial charge in [0.05, 0.1) is 24.9 Å². The zero-order valence-corrected chi connectivity index (χ0v) is 16.7. The second kappa shape index (κ2) is 7.77. The predicted molar refractivity (Wildman–Crippen MR) is 110 cm³/mol. The Balaban J connectivity index is 1.46. The average molecular weight is 380 g/mol. The Bertz CT molecular complexity index is 928. The SMILES string of the molecule is CC(C)Sc1ccc(CC(=O)N(Cc2cnc3ccccn23)C2CC2)cc1. The van der Waals surface area contributed by atoms with Gasteiger partial charge in [-0.05, 0) is 42.7 Å².